The molecule has 0 saturated carbocycles. The second kappa shape index (κ2) is 10.9. The SMILES string of the molecule is CC(C)C[C@H](NC(=O)[C@@H](N)CCC(=O)O)C(=O)N[C@H](CS)C(=O)O. The van der Waals surface area contributed by atoms with Gasteiger partial charge in [-0.2, -0.15) is 12.6 Å². The number of carboxylic acids is 2. The number of rotatable bonds is 11. The lowest BCUT2D eigenvalue weighted by molar-refractivity contribution is -0.141. The third-order valence-electron chi connectivity index (χ3n) is 3.14. The first kappa shape index (κ1) is 22.2. The van der Waals surface area contributed by atoms with Gasteiger partial charge < -0.3 is 26.6 Å². The molecule has 3 atom stereocenters. The van der Waals surface area contributed by atoms with E-state index in [0.717, 1.165) is 0 Å². The molecule has 0 aliphatic heterocycles. The molecule has 0 spiro atoms. The van der Waals surface area contributed by atoms with Crippen molar-refractivity contribution in [2.24, 2.45) is 11.7 Å². The maximum absolute atomic E-state index is 12.2. The summed E-state index contributed by atoms with van der Waals surface area (Å²) in [5, 5.41) is 22.3. The van der Waals surface area contributed by atoms with E-state index in [4.69, 9.17) is 15.9 Å². The Labute approximate surface area is 145 Å². The van der Waals surface area contributed by atoms with Gasteiger partial charge in [-0.25, -0.2) is 4.79 Å². The van der Waals surface area contributed by atoms with E-state index in [9.17, 15) is 19.2 Å². The molecule has 0 rings (SSSR count). The number of aliphatic carboxylic acids is 2. The fraction of sp³-hybridized carbons (Fsp3) is 0.714. The van der Waals surface area contributed by atoms with Crippen molar-refractivity contribution in [3.8, 4) is 0 Å². The summed E-state index contributed by atoms with van der Waals surface area (Å²) in [5.41, 5.74) is 5.61. The number of carboxylic acid groups (broad SMARTS) is 2. The van der Waals surface area contributed by atoms with E-state index in [1.165, 1.54) is 0 Å². The highest BCUT2D eigenvalue weighted by atomic mass is 32.1. The number of thiol groups is 1. The molecule has 2 amide bonds. The average Bonchev–Trinajstić information content (AvgIpc) is 2.48. The van der Waals surface area contributed by atoms with Crippen molar-refractivity contribution >= 4 is 36.4 Å². The Morgan fingerprint density at radius 3 is 2.00 bits per heavy atom. The monoisotopic (exact) mass is 363 g/mol. The number of nitrogens with two attached hydrogens (primary N) is 1. The molecule has 0 unspecified atom stereocenters. The number of carbonyl (C=O) groups excluding carboxylic acids is 2. The molecule has 9 nitrogen and oxygen atoms in total. The van der Waals surface area contributed by atoms with Gasteiger partial charge in [0.25, 0.3) is 0 Å². The molecule has 0 aliphatic rings. The Morgan fingerprint density at radius 2 is 1.58 bits per heavy atom. The molecule has 0 saturated heterocycles. The maximum atomic E-state index is 12.2. The van der Waals surface area contributed by atoms with Crippen LogP contribution in [0.15, 0.2) is 0 Å². The van der Waals surface area contributed by atoms with Crippen LogP contribution in [0.1, 0.15) is 33.1 Å². The summed E-state index contributed by atoms with van der Waals surface area (Å²) < 4.78 is 0. The minimum Gasteiger partial charge on any atom is -0.481 e. The van der Waals surface area contributed by atoms with E-state index in [1.54, 1.807) is 0 Å². The van der Waals surface area contributed by atoms with Gasteiger partial charge in [0.05, 0.1) is 6.04 Å². The zero-order chi connectivity index (χ0) is 18.9. The molecule has 0 aromatic heterocycles. The van der Waals surface area contributed by atoms with Crippen molar-refractivity contribution in [3.63, 3.8) is 0 Å². The Kier molecular flexibility index (Phi) is 10.0. The largest absolute Gasteiger partial charge is 0.481 e. The summed E-state index contributed by atoms with van der Waals surface area (Å²) in [4.78, 5) is 45.7. The molecule has 24 heavy (non-hydrogen) atoms. The zero-order valence-electron chi connectivity index (χ0n) is 13.7. The summed E-state index contributed by atoms with van der Waals surface area (Å²) in [6, 6.07) is -3.20. The smallest absolute Gasteiger partial charge is 0.327 e. The molecular formula is C14H25N3O6S. The fourth-order valence-corrected chi connectivity index (χ4v) is 2.10. The second-order valence-corrected chi connectivity index (χ2v) is 6.18. The molecule has 0 bridgehead atoms. The molecule has 0 radical (unpaired) electrons. The minimum absolute atomic E-state index is 0.0515. The van der Waals surface area contributed by atoms with Crippen LogP contribution in [0.3, 0.4) is 0 Å². The number of hydrogen-bond acceptors (Lipinski definition) is 6. The van der Waals surface area contributed by atoms with Gasteiger partial charge >= 0.3 is 11.9 Å². The molecule has 0 heterocycles. The third kappa shape index (κ3) is 8.73. The fourth-order valence-electron chi connectivity index (χ4n) is 1.85. The van der Waals surface area contributed by atoms with Crippen molar-refractivity contribution < 1.29 is 29.4 Å². The number of carbonyl (C=O) groups is 4. The van der Waals surface area contributed by atoms with E-state index in [-0.39, 0.29) is 30.9 Å². The topological polar surface area (TPSA) is 159 Å². The molecule has 0 aromatic carbocycles. The molecule has 10 heteroatoms. The highest BCUT2D eigenvalue weighted by molar-refractivity contribution is 7.80. The van der Waals surface area contributed by atoms with Gasteiger partial charge in [-0.15, -0.1) is 0 Å². The van der Waals surface area contributed by atoms with E-state index in [0.29, 0.717) is 0 Å². The maximum Gasteiger partial charge on any atom is 0.327 e. The first-order chi connectivity index (χ1) is 11.1. The lowest BCUT2D eigenvalue weighted by Crippen LogP contribution is -2.55. The van der Waals surface area contributed by atoms with Gasteiger partial charge in [0.2, 0.25) is 11.8 Å². The summed E-state index contributed by atoms with van der Waals surface area (Å²) >= 11 is 3.86. The number of nitrogens with one attached hydrogen (secondary N) is 2. The van der Waals surface area contributed by atoms with Gasteiger partial charge in [0, 0.05) is 12.2 Å². The highest BCUT2D eigenvalue weighted by Crippen LogP contribution is 2.07. The van der Waals surface area contributed by atoms with Crippen LogP contribution in [0.25, 0.3) is 0 Å². The van der Waals surface area contributed by atoms with Crippen molar-refractivity contribution in [3.05, 3.63) is 0 Å². The predicted molar refractivity (Wildman–Crippen MR) is 89.7 cm³/mol. The predicted octanol–water partition coefficient (Wildman–Crippen LogP) is -0.791. The number of amides is 2. The summed E-state index contributed by atoms with van der Waals surface area (Å²) in [6.45, 7) is 3.67. The van der Waals surface area contributed by atoms with Gasteiger partial charge in [-0.05, 0) is 18.8 Å². The Morgan fingerprint density at radius 1 is 1.04 bits per heavy atom. The van der Waals surface area contributed by atoms with Gasteiger partial charge in [-0.1, -0.05) is 13.8 Å². The molecule has 0 aromatic rings. The van der Waals surface area contributed by atoms with Crippen LogP contribution in [0.4, 0.5) is 0 Å². The Balaban J connectivity index is 4.86. The van der Waals surface area contributed by atoms with Crippen LogP contribution in [-0.2, 0) is 19.2 Å². The van der Waals surface area contributed by atoms with E-state index >= 15 is 0 Å². The zero-order valence-corrected chi connectivity index (χ0v) is 14.6. The lowest BCUT2D eigenvalue weighted by Gasteiger charge is -2.23. The molecule has 0 aliphatic carbocycles. The lowest BCUT2D eigenvalue weighted by atomic mass is 10.0. The highest BCUT2D eigenvalue weighted by Gasteiger charge is 2.28. The van der Waals surface area contributed by atoms with E-state index in [1.807, 2.05) is 13.8 Å². The van der Waals surface area contributed by atoms with Crippen LogP contribution in [-0.4, -0.2) is 57.8 Å². The summed E-state index contributed by atoms with van der Waals surface area (Å²) in [7, 11) is 0. The van der Waals surface area contributed by atoms with E-state index in [2.05, 4.69) is 23.3 Å². The third-order valence-corrected chi connectivity index (χ3v) is 3.51. The quantitative estimate of drug-likeness (QED) is 0.262. The Hall–Kier alpha value is -1.81. The van der Waals surface area contributed by atoms with Crippen molar-refractivity contribution in [1.82, 2.24) is 10.6 Å². The van der Waals surface area contributed by atoms with Crippen LogP contribution < -0.4 is 16.4 Å². The van der Waals surface area contributed by atoms with Crippen molar-refractivity contribution in [2.45, 2.75) is 51.2 Å². The standard InChI is InChI=1S/C14H25N3O6S/c1-7(2)5-9(13(21)17-10(6-24)14(22)23)16-12(20)8(15)3-4-11(18)19/h7-10,24H,3-6,15H2,1-2H3,(H,16,20)(H,17,21)(H,18,19)(H,22,23)/t8-,9-,10+/m0/s1. The minimum atomic E-state index is -1.23. The molecular weight excluding hydrogens is 338 g/mol. The van der Waals surface area contributed by atoms with Crippen molar-refractivity contribution in [2.75, 3.05) is 5.75 Å². The molecule has 0 fully saturated rings. The summed E-state index contributed by atoms with van der Waals surface area (Å²) in [6.07, 6.45) is -0.0515. The van der Waals surface area contributed by atoms with Crippen LogP contribution in [0.5, 0.6) is 0 Å². The number of hydrogen-bond donors (Lipinski definition) is 6. The summed E-state index contributed by atoms with van der Waals surface area (Å²) in [5.74, 6) is -3.66. The first-order valence-corrected chi connectivity index (χ1v) is 8.13. The van der Waals surface area contributed by atoms with Crippen LogP contribution in [0.2, 0.25) is 0 Å². The van der Waals surface area contributed by atoms with Gasteiger partial charge in [-0.3, -0.25) is 14.4 Å². The van der Waals surface area contributed by atoms with Crippen molar-refractivity contribution in [1.29, 1.82) is 0 Å². The first-order valence-electron chi connectivity index (χ1n) is 7.50. The normalized spacial score (nSPS) is 14.5. The van der Waals surface area contributed by atoms with Gasteiger partial charge in [0.15, 0.2) is 0 Å². The second-order valence-electron chi connectivity index (χ2n) is 5.81. The van der Waals surface area contributed by atoms with E-state index < -0.39 is 41.9 Å². The van der Waals surface area contributed by atoms with Crippen LogP contribution in [0, 0.1) is 5.92 Å². The molecule has 138 valence electrons. The van der Waals surface area contributed by atoms with Gasteiger partial charge in [0.1, 0.15) is 12.1 Å². The van der Waals surface area contributed by atoms with Crippen LogP contribution >= 0.6 is 12.6 Å². The Bertz CT molecular complexity index is 471. The average molecular weight is 363 g/mol. The molecule has 6 N–H and O–H groups in total.